The lowest BCUT2D eigenvalue weighted by atomic mass is 10.0. The molecule has 2 atom stereocenters. The second-order valence-corrected chi connectivity index (χ2v) is 7.51. The van der Waals surface area contributed by atoms with Gasteiger partial charge in [0, 0.05) is 12.1 Å². The van der Waals surface area contributed by atoms with Gasteiger partial charge in [0.2, 0.25) is 10.0 Å². The molecule has 0 radical (unpaired) electrons. The first-order valence-electron chi connectivity index (χ1n) is 6.75. The summed E-state index contributed by atoms with van der Waals surface area (Å²) in [5.41, 5.74) is 0. The Bertz CT molecular complexity index is 578. The van der Waals surface area contributed by atoms with E-state index in [9.17, 15) is 8.42 Å². The van der Waals surface area contributed by atoms with Crippen LogP contribution in [0.2, 0.25) is 5.02 Å². The van der Waals surface area contributed by atoms with E-state index in [0.717, 1.165) is 19.3 Å². The molecule has 0 bridgehead atoms. The predicted octanol–water partition coefficient (Wildman–Crippen LogP) is 3.30. The van der Waals surface area contributed by atoms with E-state index in [0.29, 0.717) is 10.8 Å². The van der Waals surface area contributed by atoms with Crippen LogP contribution in [0.3, 0.4) is 0 Å². The zero-order chi connectivity index (χ0) is 14.9. The van der Waals surface area contributed by atoms with E-state index in [4.69, 9.17) is 16.3 Å². The van der Waals surface area contributed by atoms with Gasteiger partial charge in [-0.3, -0.25) is 0 Å². The molecular formula is C14H20ClNO3S. The number of nitrogens with zero attached hydrogens (tertiary/aromatic N) is 1. The van der Waals surface area contributed by atoms with Crippen LogP contribution in [-0.2, 0) is 10.0 Å². The van der Waals surface area contributed by atoms with Crippen molar-refractivity contribution in [2.45, 2.75) is 50.1 Å². The fourth-order valence-electron chi connectivity index (χ4n) is 2.80. The summed E-state index contributed by atoms with van der Waals surface area (Å²) in [5, 5.41) is 0.311. The topological polar surface area (TPSA) is 46.6 Å². The Balaban J connectivity index is 2.41. The smallest absolute Gasteiger partial charge is 0.243 e. The summed E-state index contributed by atoms with van der Waals surface area (Å²) >= 11 is 6.04. The molecule has 0 aromatic heterocycles. The van der Waals surface area contributed by atoms with Crippen molar-refractivity contribution in [3.8, 4) is 5.75 Å². The Morgan fingerprint density at radius 1 is 1.25 bits per heavy atom. The van der Waals surface area contributed by atoms with Gasteiger partial charge in [-0.05, 0) is 44.9 Å². The highest BCUT2D eigenvalue weighted by Crippen LogP contribution is 2.32. The number of sulfonamides is 1. The summed E-state index contributed by atoms with van der Waals surface area (Å²) < 4.78 is 32.2. The molecule has 0 spiro atoms. The molecule has 4 nitrogen and oxygen atoms in total. The second-order valence-electron chi connectivity index (χ2n) is 5.26. The number of ether oxygens (including phenoxy) is 1. The zero-order valence-corrected chi connectivity index (χ0v) is 13.5. The van der Waals surface area contributed by atoms with Crippen molar-refractivity contribution in [2.75, 3.05) is 7.11 Å². The van der Waals surface area contributed by atoms with Crippen LogP contribution in [-0.4, -0.2) is 31.9 Å². The van der Waals surface area contributed by atoms with Crippen LogP contribution < -0.4 is 4.74 Å². The Kier molecular flexibility index (Phi) is 4.62. The number of halogens is 1. The third-order valence-electron chi connectivity index (χ3n) is 3.81. The van der Waals surface area contributed by atoms with Crippen molar-refractivity contribution in [2.24, 2.45) is 0 Å². The largest absolute Gasteiger partial charge is 0.495 e. The number of piperidine rings is 1. The normalized spacial score (nSPS) is 24.6. The predicted molar refractivity (Wildman–Crippen MR) is 79.8 cm³/mol. The Hall–Kier alpha value is -0.780. The monoisotopic (exact) mass is 317 g/mol. The second kappa shape index (κ2) is 5.92. The molecule has 1 saturated heterocycles. The number of hydrogen-bond donors (Lipinski definition) is 0. The third kappa shape index (κ3) is 2.80. The highest BCUT2D eigenvalue weighted by Gasteiger charge is 2.35. The molecule has 1 aliphatic rings. The molecule has 0 N–H and O–H groups in total. The van der Waals surface area contributed by atoms with E-state index in [1.54, 1.807) is 16.4 Å². The van der Waals surface area contributed by atoms with E-state index < -0.39 is 10.0 Å². The summed E-state index contributed by atoms with van der Waals surface area (Å²) in [6.07, 6.45) is 2.86. The third-order valence-corrected chi connectivity index (χ3v) is 6.23. The maximum Gasteiger partial charge on any atom is 0.243 e. The Labute approximate surface area is 125 Å². The summed E-state index contributed by atoms with van der Waals surface area (Å²) in [4.78, 5) is 0.226. The van der Waals surface area contributed by atoms with Crippen LogP contribution >= 0.6 is 11.6 Å². The van der Waals surface area contributed by atoms with Gasteiger partial charge in [0.05, 0.1) is 17.0 Å². The fourth-order valence-corrected chi connectivity index (χ4v) is 5.03. The summed E-state index contributed by atoms with van der Waals surface area (Å²) in [7, 11) is -2.01. The van der Waals surface area contributed by atoms with Crippen molar-refractivity contribution >= 4 is 21.6 Å². The first kappa shape index (κ1) is 15.6. The van der Waals surface area contributed by atoms with E-state index in [1.165, 1.54) is 13.2 Å². The first-order valence-corrected chi connectivity index (χ1v) is 8.57. The minimum atomic E-state index is -3.51. The Morgan fingerprint density at radius 2 is 1.85 bits per heavy atom. The summed E-state index contributed by atoms with van der Waals surface area (Å²) in [6, 6.07) is 4.64. The molecular weight excluding hydrogens is 298 g/mol. The SMILES string of the molecule is COc1ccc(S(=O)(=O)N2[C@H](C)CCC[C@@H]2C)cc1Cl. The van der Waals surface area contributed by atoms with E-state index in [1.807, 2.05) is 13.8 Å². The summed E-state index contributed by atoms with van der Waals surface area (Å²) in [5.74, 6) is 0.477. The van der Waals surface area contributed by atoms with Gasteiger partial charge in [0.25, 0.3) is 0 Å². The zero-order valence-electron chi connectivity index (χ0n) is 12.0. The first-order chi connectivity index (χ1) is 9.37. The van der Waals surface area contributed by atoms with Crippen molar-refractivity contribution in [1.82, 2.24) is 4.31 Å². The van der Waals surface area contributed by atoms with E-state index in [2.05, 4.69) is 0 Å². The molecule has 6 heteroatoms. The molecule has 1 heterocycles. The van der Waals surface area contributed by atoms with Crippen molar-refractivity contribution in [1.29, 1.82) is 0 Å². The minimum absolute atomic E-state index is 0.0182. The molecule has 1 aromatic carbocycles. The molecule has 0 saturated carbocycles. The Morgan fingerprint density at radius 3 is 2.35 bits per heavy atom. The molecule has 1 fully saturated rings. The van der Waals surface area contributed by atoms with E-state index >= 15 is 0 Å². The molecule has 20 heavy (non-hydrogen) atoms. The van der Waals surface area contributed by atoms with Gasteiger partial charge in [0.1, 0.15) is 5.75 Å². The summed E-state index contributed by atoms with van der Waals surface area (Å²) in [6.45, 7) is 3.91. The molecule has 1 aliphatic heterocycles. The van der Waals surface area contributed by atoms with Crippen LogP contribution in [0.5, 0.6) is 5.75 Å². The molecule has 0 aliphatic carbocycles. The highest BCUT2D eigenvalue weighted by atomic mass is 35.5. The quantitative estimate of drug-likeness (QED) is 0.859. The van der Waals surface area contributed by atoms with Crippen LogP contribution in [0.4, 0.5) is 0 Å². The van der Waals surface area contributed by atoms with Crippen molar-refractivity contribution < 1.29 is 13.2 Å². The molecule has 112 valence electrons. The molecule has 1 aromatic rings. The number of hydrogen-bond acceptors (Lipinski definition) is 3. The van der Waals surface area contributed by atoms with Crippen LogP contribution in [0.1, 0.15) is 33.1 Å². The van der Waals surface area contributed by atoms with Crippen LogP contribution in [0, 0.1) is 0 Å². The lowest BCUT2D eigenvalue weighted by molar-refractivity contribution is 0.204. The van der Waals surface area contributed by atoms with Gasteiger partial charge >= 0.3 is 0 Å². The van der Waals surface area contributed by atoms with E-state index in [-0.39, 0.29) is 17.0 Å². The van der Waals surface area contributed by atoms with Gasteiger partial charge in [-0.2, -0.15) is 4.31 Å². The molecule has 0 unspecified atom stereocenters. The minimum Gasteiger partial charge on any atom is -0.495 e. The lowest BCUT2D eigenvalue weighted by Crippen LogP contribution is -2.47. The van der Waals surface area contributed by atoms with Gasteiger partial charge in [-0.25, -0.2) is 8.42 Å². The maximum absolute atomic E-state index is 12.8. The average Bonchev–Trinajstić information content (AvgIpc) is 2.38. The number of rotatable bonds is 3. The van der Waals surface area contributed by atoms with Gasteiger partial charge in [-0.15, -0.1) is 0 Å². The average molecular weight is 318 g/mol. The van der Waals surface area contributed by atoms with Crippen LogP contribution in [0.25, 0.3) is 0 Å². The number of methoxy groups -OCH3 is 1. The van der Waals surface area contributed by atoms with Crippen molar-refractivity contribution in [3.63, 3.8) is 0 Å². The standard InChI is InChI=1S/C14H20ClNO3S/c1-10-5-4-6-11(2)16(10)20(17,18)12-7-8-14(19-3)13(15)9-12/h7-11H,4-6H2,1-3H3/t10-,11+. The maximum atomic E-state index is 12.8. The number of benzene rings is 1. The highest BCUT2D eigenvalue weighted by molar-refractivity contribution is 7.89. The van der Waals surface area contributed by atoms with Crippen LogP contribution in [0.15, 0.2) is 23.1 Å². The fraction of sp³-hybridized carbons (Fsp3) is 0.571. The van der Waals surface area contributed by atoms with Gasteiger partial charge in [-0.1, -0.05) is 18.0 Å². The van der Waals surface area contributed by atoms with Gasteiger partial charge in [0.15, 0.2) is 0 Å². The molecule has 0 amide bonds. The van der Waals surface area contributed by atoms with Gasteiger partial charge < -0.3 is 4.74 Å². The van der Waals surface area contributed by atoms with Crippen molar-refractivity contribution in [3.05, 3.63) is 23.2 Å². The molecule has 2 rings (SSSR count). The lowest BCUT2D eigenvalue weighted by Gasteiger charge is -2.37.